The third kappa shape index (κ3) is 3.59. The molecule has 1 aliphatic rings. The molecule has 0 atom stereocenters. The number of carbonyl (C=O) groups is 1. The number of esters is 1. The predicted octanol–water partition coefficient (Wildman–Crippen LogP) is 4.20. The Labute approximate surface area is 109 Å². The summed E-state index contributed by atoms with van der Waals surface area (Å²) in [7, 11) is 0. The van der Waals surface area contributed by atoms with Gasteiger partial charge in [-0.1, -0.05) is 38.0 Å². The molecule has 1 saturated carbocycles. The summed E-state index contributed by atoms with van der Waals surface area (Å²) in [5, 5.41) is 0. The summed E-state index contributed by atoms with van der Waals surface area (Å²) in [5.41, 5.74) is 0. The largest absolute Gasteiger partial charge is 0.426 e. The highest BCUT2D eigenvalue weighted by Gasteiger charge is 2.27. The van der Waals surface area contributed by atoms with Crippen LogP contribution in [-0.4, -0.2) is 5.97 Å². The van der Waals surface area contributed by atoms with E-state index in [1.54, 1.807) is 0 Å². The Bertz CT molecular complexity index is 364. The van der Waals surface area contributed by atoms with Crippen molar-refractivity contribution in [2.75, 3.05) is 0 Å². The summed E-state index contributed by atoms with van der Waals surface area (Å²) in [6, 6.07) is 9.37. The van der Waals surface area contributed by atoms with Crippen LogP contribution in [0.1, 0.15) is 45.4 Å². The zero-order valence-electron chi connectivity index (χ0n) is 11.1. The molecule has 0 bridgehead atoms. The first-order chi connectivity index (χ1) is 8.79. The molecule has 0 saturated heterocycles. The lowest BCUT2D eigenvalue weighted by Crippen LogP contribution is -2.25. The SMILES string of the molecule is CCCC1CCC(C(=O)Oc2ccccc2)CC1. The van der Waals surface area contributed by atoms with Gasteiger partial charge in [0.05, 0.1) is 5.92 Å². The fourth-order valence-corrected chi connectivity index (χ4v) is 2.78. The molecule has 0 amide bonds. The fourth-order valence-electron chi connectivity index (χ4n) is 2.78. The highest BCUT2D eigenvalue weighted by molar-refractivity contribution is 5.75. The van der Waals surface area contributed by atoms with Gasteiger partial charge in [-0.05, 0) is 43.7 Å². The average Bonchev–Trinajstić information content (AvgIpc) is 2.41. The van der Waals surface area contributed by atoms with E-state index < -0.39 is 0 Å². The molecule has 0 radical (unpaired) electrons. The van der Waals surface area contributed by atoms with Gasteiger partial charge in [-0.25, -0.2) is 0 Å². The average molecular weight is 246 g/mol. The van der Waals surface area contributed by atoms with E-state index in [1.807, 2.05) is 30.3 Å². The standard InChI is InChI=1S/C16H22O2/c1-2-6-13-9-11-14(12-10-13)16(17)18-15-7-4-3-5-8-15/h3-5,7-8,13-14H,2,6,9-12H2,1H3. The lowest BCUT2D eigenvalue weighted by atomic mass is 9.80. The van der Waals surface area contributed by atoms with Crippen LogP contribution in [0.2, 0.25) is 0 Å². The molecule has 0 aliphatic heterocycles. The van der Waals surface area contributed by atoms with Gasteiger partial charge in [0, 0.05) is 0 Å². The van der Waals surface area contributed by atoms with E-state index in [9.17, 15) is 4.79 Å². The van der Waals surface area contributed by atoms with Crippen LogP contribution in [0.15, 0.2) is 30.3 Å². The second-order valence-corrected chi connectivity index (χ2v) is 5.24. The number of hydrogen-bond acceptors (Lipinski definition) is 2. The molecule has 1 aliphatic carbocycles. The van der Waals surface area contributed by atoms with Gasteiger partial charge in [-0.3, -0.25) is 4.79 Å². The molecule has 1 fully saturated rings. The van der Waals surface area contributed by atoms with Crippen LogP contribution in [0.4, 0.5) is 0 Å². The van der Waals surface area contributed by atoms with Crippen LogP contribution in [-0.2, 0) is 4.79 Å². The summed E-state index contributed by atoms with van der Waals surface area (Å²) in [5.74, 6) is 1.56. The maximum atomic E-state index is 12.0. The summed E-state index contributed by atoms with van der Waals surface area (Å²) in [6.07, 6.45) is 6.92. The smallest absolute Gasteiger partial charge is 0.314 e. The lowest BCUT2D eigenvalue weighted by molar-refractivity contribution is -0.140. The Morgan fingerprint density at radius 2 is 1.83 bits per heavy atom. The molecule has 0 heterocycles. The molecule has 18 heavy (non-hydrogen) atoms. The molecule has 2 rings (SSSR count). The summed E-state index contributed by atoms with van der Waals surface area (Å²) >= 11 is 0. The number of carbonyl (C=O) groups excluding carboxylic acids is 1. The molecule has 1 aromatic rings. The highest BCUT2D eigenvalue weighted by Crippen LogP contribution is 2.32. The van der Waals surface area contributed by atoms with Gasteiger partial charge in [0.25, 0.3) is 0 Å². The normalized spacial score (nSPS) is 23.6. The molecule has 98 valence electrons. The van der Waals surface area contributed by atoms with Gasteiger partial charge < -0.3 is 4.74 Å². The van der Waals surface area contributed by atoms with E-state index in [-0.39, 0.29) is 11.9 Å². The molecule has 0 N–H and O–H groups in total. The van der Waals surface area contributed by atoms with Crippen LogP contribution in [0, 0.1) is 11.8 Å². The van der Waals surface area contributed by atoms with Gasteiger partial charge >= 0.3 is 5.97 Å². The minimum atomic E-state index is -0.0452. The van der Waals surface area contributed by atoms with E-state index in [1.165, 1.54) is 25.7 Å². The Morgan fingerprint density at radius 1 is 1.17 bits per heavy atom. The molecular formula is C16H22O2. The molecule has 0 aromatic heterocycles. The summed E-state index contributed by atoms with van der Waals surface area (Å²) in [4.78, 5) is 12.0. The maximum Gasteiger partial charge on any atom is 0.314 e. The van der Waals surface area contributed by atoms with Crippen LogP contribution in [0.25, 0.3) is 0 Å². The second kappa shape index (κ2) is 6.58. The van der Waals surface area contributed by atoms with Crippen LogP contribution in [0.5, 0.6) is 5.75 Å². The van der Waals surface area contributed by atoms with Crippen molar-refractivity contribution in [1.29, 1.82) is 0 Å². The van der Waals surface area contributed by atoms with Gasteiger partial charge in [-0.2, -0.15) is 0 Å². The molecule has 0 spiro atoms. The first-order valence-electron chi connectivity index (χ1n) is 7.06. The first kappa shape index (κ1) is 13.1. The van der Waals surface area contributed by atoms with Crippen LogP contribution >= 0.6 is 0 Å². The molecular weight excluding hydrogens is 224 g/mol. The Kier molecular flexibility index (Phi) is 4.80. The topological polar surface area (TPSA) is 26.3 Å². The summed E-state index contributed by atoms with van der Waals surface area (Å²) in [6.45, 7) is 2.23. The van der Waals surface area contributed by atoms with Crippen LogP contribution in [0.3, 0.4) is 0 Å². The van der Waals surface area contributed by atoms with E-state index >= 15 is 0 Å². The highest BCUT2D eigenvalue weighted by atomic mass is 16.5. The number of ether oxygens (including phenoxy) is 1. The molecule has 2 nitrogen and oxygen atoms in total. The monoisotopic (exact) mass is 246 g/mol. The minimum Gasteiger partial charge on any atom is -0.426 e. The van der Waals surface area contributed by atoms with Crippen LogP contribution < -0.4 is 4.74 Å². The Balaban J connectivity index is 1.81. The van der Waals surface area contributed by atoms with E-state index in [0.29, 0.717) is 5.75 Å². The quantitative estimate of drug-likeness (QED) is 0.588. The van der Waals surface area contributed by atoms with Gasteiger partial charge in [-0.15, -0.1) is 0 Å². The number of benzene rings is 1. The second-order valence-electron chi connectivity index (χ2n) is 5.24. The number of para-hydroxylation sites is 1. The fraction of sp³-hybridized carbons (Fsp3) is 0.562. The Hall–Kier alpha value is -1.31. The van der Waals surface area contributed by atoms with Crippen molar-refractivity contribution in [3.05, 3.63) is 30.3 Å². The maximum absolute atomic E-state index is 12.0. The zero-order chi connectivity index (χ0) is 12.8. The van der Waals surface area contributed by atoms with Crippen molar-refractivity contribution in [3.8, 4) is 5.75 Å². The van der Waals surface area contributed by atoms with Gasteiger partial charge in [0.2, 0.25) is 0 Å². The van der Waals surface area contributed by atoms with E-state index in [4.69, 9.17) is 4.74 Å². The number of hydrogen-bond donors (Lipinski definition) is 0. The van der Waals surface area contributed by atoms with Crippen molar-refractivity contribution in [3.63, 3.8) is 0 Å². The van der Waals surface area contributed by atoms with Gasteiger partial charge in [0.1, 0.15) is 5.75 Å². The van der Waals surface area contributed by atoms with E-state index in [2.05, 4.69) is 6.92 Å². The zero-order valence-corrected chi connectivity index (χ0v) is 11.1. The van der Waals surface area contributed by atoms with Crippen molar-refractivity contribution in [2.45, 2.75) is 45.4 Å². The Morgan fingerprint density at radius 3 is 2.44 bits per heavy atom. The molecule has 2 heteroatoms. The first-order valence-corrected chi connectivity index (χ1v) is 7.06. The van der Waals surface area contributed by atoms with Crippen molar-refractivity contribution in [2.24, 2.45) is 11.8 Å². The third-order valence-electron chi connectivity index (χ3n) is 3.84. The van der Waals surface area contributed by atoms with Crippen molar-refractivity contribution in [1.82, 2.24) is 0 Å². The molecule has 1 aromatic carbocycles. The third-order valence-corrected chi connectivity index (χ3v) is 3.84. The van der Waals surface area contributed by atoms with Crippen molar-refractivity contribution >= 4 is 5.97 Å². The van der Waals surface area contributed by atoms with Crippen molar-refractivity contribution < 1.29 is 9.53 Å². The predicted molar refractivity (Wildman–Crippen MR) is 72.4 cm³/mol. The minimum absolute atomic E-state index is 0.0452. The molecule has 0 unspecified atom stereocenters. The van der Waals surface area contributed by atoms with E-state index in [0.717, 1.165) is 18.8 Å². The lowest BCUT2D eigenvalue weighted by Gasteiger charge is -2.26. The summed E-state index contributed by atoms with van der Waals surface area (Å²) < 4.78 is 5.41. The van der Waals surface area contributed by atoms with Gasteiger partial charge in [0.15, 0.2) is 0 Å². The number of rotatable bonds is 4.